The number of carbonyl (C=O) groups excluding carboxylic acids is 3. The van der Waals surface area contributed by atoms with E-state index in [1.807, 2.05) is 31.2 Å². The molecule has 4 fully saturated rings. The van der Waals surface area contributed by atoms with Gasteiger partial charge >= 0.3 is 0 Å². The molecule has 12 heteroatoms. The predicted molar refractivity (Wildman–Crippen MR) is 239 cm³/mol. The van der Waals surface area contributed by atoms with E-state index in [2.05, 4.69) is 45.4 Å². The van der Waals surface area contributed by atoms with Crippen molar-refractivity contribution < 1.29 is 38.1 Å². The van der Waals surface area contributed by atoms with E-state index in [4.69, 9.17) is 14.2 Å². The quantitative estimate of drug-likeness (QED) is 0.185. The second-order valence-electron chi connectivity index (χ2n) is 19.7. The number of piperidine rings is 3. The molecule has 2 spiro atoms. The monoisotopic (exact) mass is 868 g/mol. The van der Waals surface area contributed by atoms with Crippen molar-refractivity contribution in [3.8, 4) is 17.2 Å². The number of carbonyl (C=O) groups is 3. The highest BCUT2D eigenvalue weighted by Crippen LogP contribution is 2.53. The summed E-state index contributed by atoms with van der Waals surface area (Å²) in [6, 6.07) is 21.2. The fraction of sp³-hybridized carbons (Fsp3) is 0.481. The minimum Gasteiger partial charge on any atom is -0.508 e. The number of benzene rings is 4. The smallest absolute Gasteiger partial charge is 0.255 e. The maximum atomic E-state index is 16.5. The molecule has 11 nitrogen and oxygen atoms in total. The normalized spacial score (nSPS) is 25.9. The van der Waals surface area contributed by atoms with Crippen LogP contribution in [0.3, 0.4) is 0 Å². The summed E-state index contributed by atoms with van der Waals surface area (Å²) < 4.78 is 35.8. The molecule has 64 heavy (non-hydrogen) atoms. The van der Waals surface area contributed by atoms with E-state index in [9.17, 15) is 19.5 Å². The number of imide groups is 1. The number of hydrogen-bond donors (Lipinski definition) is 2. The molecule has 0 bridgehead atoms. The maximum Gasteiger partial charge on any atom is 0.255 e. The fourth-order valence-electron chi connectivity index (χ4n) is 12.8. The minimum absolute atomic E-state index is 0.110. The lowest BCUT2D eigenvalue weighted by molar-refractivity contribution is -0.136. The summed E-state index contributed by atoms with van der Waals surface area (Å²) >= 11 is 0. The molecule has 7 aliphatic rings. The first-order chi connectivity index (χ1) is 31.0. The van der Waals surface area contributed by atoms with Crippen LogP contribution in [0.5, 0.6) is 17.2 Å². The van der Waals surface area contributed by atoms with Gasteiger partial charge in [-0.05, 0) is 124 Å². The summed E-state index contributed by atoms with van der Waals surface area (Å²) in [5, 5.41) is 12.7. The molecule has 4 atom stereocenters. The Hall–Kier alpha value is -5.46. The average Bonchev–Trinajstić information content (AvgIpc) is 3.97. The summed E-state index contributed by atoms with van der Waals surface area (Å²) in [6.45, 7) is 7.93. The molecule has 334 valence electrons. The van der Waals surface area contributed by atoms with Crippen LogP contribution in [0, 0.1) is 18.7 Å². The molecule has 0 saturated carbocycles. The molecule has 4 saturated heterocycles. The molecule has 6 heterocycles. The number of nitrogens with one attached hydrogen (secondary N) is 1. The van der Waals surface area contributed by atoms with Crippen molar-refractivity contribution >= 4 is 23.4 Å². The van der Waals surface area contributed by atoms with Crippen LogP contribution in [0.2, 0.25) is 0 Å². The predicted octanol–water partition coefficient (Wildman–Crippen LogP) is 7.27. The van der Waals surface area contributed by atoms with E-state index in [0.29, 0.717) is 55.6 Å². The number of aryl methyl sites for hydroxylation is 2. The highest BCUT2D eigenvalue weighted by molar-refractivity contribution is 6.06. The Morgan fingerprint density at radius 3 is 2.48 bits per heavy atom. The summed E-state index contributed by atoms with van der Waals surface area (Å²) in [5.41, 5.74) is 8.15. The van der Waals surface area contributed by atoms with Crippen molar-refractivity contribution in [2.24, 2.45) is 5.92 Å². The van der Waals surface area contributed by atoms with Gasteiger partial charge in [0.1, 0.15) is 29.1 Å². The van der Waals surface area contributed by atoms with Crippen LogP contribution in [0.1, 0.15) is 113 Å². The number of ether oxygens (including phenoxy) is 3. The summed E-state index contributed by atoms with van der Waals surface area (Å²) in [6.07, 6.45) is 6.90. The van der Waals surface area contributed by atoms with E-state index in [1.165, 1.54) is 11.1 Å². The minimum atomic E-state index is -0.652. The summed E-state index contributed by atoms with van der Waals surface area (Å²) in [7, 11) is 1.68. The van der Waals surface area contributed by atoms with Crippen molar-refractivity contribution in [1.29, 1.82) is 0 Å². The van der Waals surface area contributed by atoms with Gasteiger partial charge in [-0.2, -0.15) is 0 Å². The van der Waals surface area contributed by atoms with Crippen LogP contribution >= 0.6 is 0 Å². The Morgan fingerprint density at radius 2 is 1.72 bits per heavy atom. The zero-order valence-corrected chi connectivity index (χ0v) is 36.8. The highest BCUT2D eigenvalue weighted by Gasteiger charge is 2.50. The second-order valence-corrected chi connectivity index (χ2v) is 19.7. The van der Waals surface area contributed by atoms with Crippen LogP contribution < -0.4 is 19.7 Å². The number of phenolic OH excluding ortho intramolecular Hbond substituents is 1. The number of fused-ring (bicyclic) bond motifs is 5. The molecule has 3 amide bonds. The first-order valence-corrected chi connectivity index (χ1v) is 23.3. The molecule has 4 aromatic rings. The molecular formula is C52H57FN4O7. The topological polar surface area (TPSA) is 121 Å². The first kappa shape index (κ1) is 41.3. The number of nitrogens with zero attached hydrogens (tertiary/aromatic N) is 3. The Bertz CT molecular complexity index is 2530. The average molecular weight is 869 g/mol. The summed E-state index contributed by atoms with van der Waals surface area (Å²) in [5.74, 6) is 1.10. The van der Waals surface area contributed by atoms with E-state index in [-0.39, 0.29) is 52.7 Å². The van der Waals surface area contributed by atoms with Crippen molar-refractivity contribution in [3.63, 3.8) is 0 Å². The first-order valence-electron chi connectivity index (χ1n) is 23.3. The highest BCUT2D eigenvalue weighted by atomic mass is 19.1. The van der Waals surface area contributed by atoms with Crippen LogP contribution in [0.4, 0.5) is 10.1 Å². The lowest BCUT2D eigenvalue weighted by Gasteiger charge is -2.41. The van der Waals surface area contributed by atoms with Crippen molar-refractivity contribution in [3.05, 3.63) is 117 Å². The van der Waals surface area contributed by atoms with E-state index in [1.54, 1.807) is 24.1 Å². The largest absolute Gasteiger partial charge is 0.508 e. The molecular weight excluding hydrogens is 812 g/mol. The number of likely N-dealkylation sites (tertiary alicyclic amines) is 1. The second kappa shape index (κ2) is 15.9. The molecule has 0 unspecified atom stereocenters. The van der Waals surface area contributed by atoms with Gasteiger partial charge in [0.05, 0.1) is 43.7 Å². The van der Waals surface area contributed by atoms with Crippen LogP contribution in [0.15, 0.2) is 66.7 Å². The Labute approximate surface area is 373 Å². The Kier molecular flexibility index (Phi) is 10.3. The SMILES string of the molecule is COc1cc(N2CCC3(CC2)C[C@@H](CN2CCC4(CC2)COc2c4cc(C)c4c2CN([C@H]2CCC(=O)NC2=O)C4=O)CO3)c(F)cc1[C@@H]1c2ccc(O)cc2CC[C@@H]1c1ccccc1. The van der Waals surface area contributed by atoms with Gasteiger partial charge in [0.15, 0.2) is 0 Å². The van der Waals surface area contributed by atoms with E-state index in [0.717, 1.165) is 105 Å². The number of rotatable bonds is 7. The molecule has 11 rings (SSSR count). The molecule has 2 N–H and O–H groups in total. The van der Waals surface area contributed by atoms with Gasteiger partial charge < -0.3 is 34.0 Å². The zero-order chi connectivity index (χ0) is 43.9. The number of methoxy groups -OCH3 is 1. The van der Waals surface area contributed by atoms with Crippen LogP contribution in [0.25, 0.3) is 0 Å². The third-order valence-electron chi connectivity index (χ3n) is 16.1. The van der Waals surface area contributed by atoms with Gasteiger partial charge in [0.2, 0.25) is 11.8 Å². The van der Waals surface area contributed by atoms with Gasteiger partial charge in [-0.3, -0.25) is 19.7 Å². The van der Waals surface area contributed by atoms with Crippen LogP contribution in [-0.4, -0.2) is 97.3 Å². The third kappa shape index (κ3) is 6.94. The van der Waals surface area contributed by atoms with Gasteiger partial charge in [-0.25, -0.2) is 4.39 Å². The number of hydrogen-bond acceptors (Lipinski definition) is 9. The molecule has 1 aliphatic carbocycles. The third-order valence-corrected chi connectivity index (χ3v) is 16.1. The van der Waals surface area contributed by atoms with Gasteiger partial charge in [-0.1, -0.05) is 42.5 Å². The number of halogens is 1. The molecule has 6 aliphatic heterocycles. The van der Waals surface area contributed by atoms with E-state index < -0.39 is 11.9 Å². The maximum absolute atomic E-state index is 16.5. The lowest BCUT2D eigenvalue weighted by atomic mass is 9.69. The van der Waals surface area contributed by atoms with Gasteiger partial charge in [0.25, 0.3) is 5.91 Å². The van der Waals surface area contributed by atoms with Crippen molar-refractivity contribution in [2.75, 3.05) is 57.9 Å². The molecule has 0 radical (unpaired) electrons. The lowest BCUT2D eigenvalue weighted by Crippen LogP contribution is -2.52. The molecule has 0 aromatic heterocycles. The zero-order valence-electron chi connectivity index (χ0n) is 36.8. The van der Waals surface area contributed by atoms with Crippen molar-refractivity contribution in [1.82, 2.24) is 15.1 Å². The fourth-order valence-corrected chi connectivity index (χ4v) is 12.8. The number of anilines is 1. The van der Waals surface area contributed by atoms with Crippen LogP contribution in [-0.2, 0) is 32.7 Å². The molecule has 4 aromatic carbocycles. The Morgan fingerprint density at radius 1 is 0.922 bits per heavy atom. The van der Waals surface area contributed by atoms with Crippen molar-refractivity contribution in [2.45, 2.75) is 100 Å². The number of amides is 3. The van der Waals surface area contributed by atoms with E-state index >= 15 is 4.39 Å². The van der Waals surface area contributed by atoms with Gasteiger partial charge in [0, 0.05) is 60.1 Å². The standard InChI is InChI=1S/C52H57FN4O7/c1-31-22-40-48(39-28-57(50(61)46(31)39)42-12-13-45(59)54-49(42)60)63-30-51(40)14-18-55(19-15-51)27-32-26-52(64-29-32)16-20-56(21-17-52)43-25-44(62-2)38(24-41(43)53)47-36(33-6-4-3-5-7-33)10-8-34-23-35(58)9-11-37(34)47/h3-7,9,11,22-25,32,36,42,47,58H,8,10,12-21,26-30H2,1-2H3,(H,54,59,60)/t32-,36+,42-,47-/m0/s1. The number of aromatic hydroxyl groups is 1. The summed E-state index contributed by atoms with van der Waals surface area (Å²) in [4.78, 5) is 44.6. The number of phenols is 1. The Balaban J connectivity index is 0.731. The van der Waals surface area contributed by atoms with Gasteiger partial charge in [-0.15, -0.1) is 0 Å².